The first-order chi connectivity index (χ1) is 15.4. The van der Waals surface area contributed by atoms with Gasteiger partial charge in [-0.3, -0.25) is 13.9 Å². The molecule has 0 saturated heterocycles. The predicted molar refractivity (Wildman–Crippen MR) is 137 cm³/mol. The summed E-state index contributed by atoms with van der Waals surface area (Å²) in [6, 6.07) is 5.76. The van der Waals surface area contributed by atoms with Crippen LogP contribution in [0.15, 0.2) is 38.6 Å². The molecule has 0 spiro atoms. The molecule has 0 saturated carbocycles. The van der Waals surface area contributed by atoms with Crippen molar-refractivity contribution in [3.05, 3.63) is 55.4 Å². The Morgan fingerprint density at radius 1 is 1.15 bits per heavy atom. The number of methoxy groups -OCH3 is 1. The molecule has 33 heavy (non-hydrogen) atoms. The predicted octanol–water partition coefficient (Wildman–Crippen LogP) is 4.22. The van der Waals surface area contributed by atoms with E-state index in [1.54, 1.807) is 29.5 Å². The summed E-state index contributed by atoms with van der Waals surface area (Å²) in [5.74, 6) is 0.734. The number of rotatable bonds is 8. The highest BCUT2D eigenvalue weighted by Crippen LogP contribution is 2.36. The summed E-state index contributed by atoms with van der Waals surface area (Å²) in [4.78, 5) is 30.7. The van der Waals surface area contributed by atoms with Gasteiger partial charge in [-0.05, 0) is 58.7 Å². The van der Waals surface area contributed by atoms with E-state index in [1.165, 1.54) is 4.57 Å². The van der Waals surface area contributed by atoms with Crippen molar-refractivity contribution in [2.75, 3.05) is 13.7 Å². The zero-order chi connectivity index (χ0) is 24.6. The first-order valence-electron chi connectivity index (χ1n) is 11.1. The standard InChI is InChI=1S/C23H33BrN4O4Si/c1-8-27-21(29)19-20(28(22(27)30)11-12-32-33(6,7)23(2,3)4)25-15-26(19)14-16-9-10-18(31-5)17(24)13-16/h9-10,13,15H,8,11-12,14H2,1-7H3. The largest absolute Gasteiger partial charge is 0.496 e. The van der Waals surface area contributed by atoms with Crippen LogP contribution in [0.5, 0.6) is 5.75 Å². The molecule has 0 bridgehead atoms. The minimum atomic E-state index is -1.96. The minimum absolute atomic E-state index is 0.0731. The summed E-state index contributed by atoms with van der Waals surface area (Å²) < 4.78 is 17.0. The van der Waals surface area contributed by atoms with Crippen LogP contribution in [0, 0.1) is 0 Å². The normalized spacial score (nSPS) is 12.5. The molecule has 0 aliphatic heterocycles. The Kier molecular flexibility index (Phi) is 7.40. The fourth-order valence-corrected chi connectivity index (χ4v) is 5.08. The molecule has 2 heterocycles. The van der Waals surface area contributed by atoms with Crippen molar-refractivity contribution in [2.24, 2.45) is 0 Å². The number of nitrogens with zero attached hydrogens (tertiary/aromatic N) is 4. The molecule has 1 aromatic carbocycles. The zero-order valence-electron chi connectivity index (χ0n) is 20.4. The second-order valence-corrected chi connectivity index (χ2v) is 15.3. The third-order valence-corrected chi connectivity index (χ3v) is 11.6. The van der Waals surface area contributed by atoms with Crippen LogP contribution < -0.4 is 16.0 Å². The van der Waals surface area contributed by atoms with Gasteiger partial charge in [-0.1, -0.05) is 26.8 Å². The van der Waals surface area contributed by atoms with Crippen molar-refractivity contribution in [1.82, 2.24) is 18.7 Å². The summed E-state index contributed by atoms with van der Waals surface area (Å²) in [6.45, 7) is 14.2. The highest BCUT2D eigenvalue weighted by atomic mass is 79.9. The molecule has 0 aliphatic carbocycles. The minimum Gasteiger partial charge on any atom is -0.496 e. The lowest BCUT2D eigenvalue weighted by Gasteiger charge is -2.36. The Hall–Kier alpha value is -2.17. The van der Waals surface area contributed by atoms with Gasteiger partial charge in [0.2, 0.25) is 0 Å². The lowest BCUT2D eigenvalue weighted by Crippen LogP contribution is -2.43. The van der Waals surface area contributed by atoms with Crippen LogP contribution in [-0.2, 0) is 24.1 Å². The van der Waals surface area contributed by atoms with E-state index in [0.717, 1.165) is 15.8 Å². The summed E-state index contributed by atoms with van der Waals surface area (Å²) in [5, 5.41) is 0.0731. The summed E-state index contributed by atoms with van der Waals surface area (Å²) >= 11 is 3.51. The third-order valence-electron chi connectivity index (χ3n) is 6.45. The summed E-state index contributed by atoms with van der Waals surface area (Å²) in [7, 11) is -0.344. The Labute approximate surface area is 203 Å². The van der Waals surface area contributed by atoms with Crippen LogP contribution in [-0.4, -0.2) is 40.7 Å². The van der Waals surface area contributed by atoms with Gasteiger partial charge in [-0.2, -0.15) is 0 Å². The van der Waals surface area contributed by atoms with Crippen molar-refractivity contribution >= 4 is 35.4 Å². The van der Waals surface area contributed by atoms with Gasteiger partial charge < -0.3 is 13.7 Å². The SMILES string of the molecule is CCn1c(=O)c2c(ncn2Cc2ccc(OC)c(Br)c2)n(CCO[Si](C)(C)C(C)(C)C)c1=O. The van der Waals surface area contributed by atoms with E-state index in [2.05, 4.69) is 54.8 Å². The van der Waals surface area contributed by atoms with Crippen LogP contribution in [0.3, 0.4) is 0 Å². The van der Waals surface area contributed by atoms with E-state index in [-0.39, 0.29) is 22.8 Å². The van der Waals surface area contributed by atoms with Gasteiger partial charge in [0.1, 0.15) is 5.75 Å². The number of halogens is 1. The number of imidazole rings is 1. The lowest BCUT2D eigenvalue weighted by atomic mass is 10.2. The maximum absolute atomic E-state index is 13.2. The second kappa shape index (κ2) is 9.59. The molecule has 0 aliphatic rings. The molecular weight excluding hydrogens is 504 g/mol. The Morgan fingerprint density at radius 3 is 2.42 bits per heavy atom. The first-order valence-corrected chi connectivity index (χ1v) is 14.8. The Morgan fingerprint density at radius 2 is 1.85 bits per heavy atom. The number of hydrogen-bond donors (Lipinski definition) is 0. The zero-order valence-corrected chi connectivity index (χ0v) is 23.0. The van der Waals surface area contributed by atoms with Gasteiger partial charge in [0.25, 0.3) is 5.56 Å². The van der Waals surface area contributed by atoms with E-state index in [9.17, 15) is 9.59 Å². The third kappa shape index (κ3) is 5.02. The van der Waals surface area contributed by atoms with Gasteiger partial charge in [-0.25, -0.2) is 9.78 Å². The molecule has 0 atom stereocenters. The monoisotopic (exact) mass is 536 g/mol. The topological polar surface area (TPSA) is 80.3 Å². The van der Waals surface area contributed by atoms with Crippen molar-refractivity contribution in [1.29, 1.82) is 0 Å². The van der Waals surface area contributed by atoms with Crippen LogP contribution in [0.2, 0.25) is 18.1 Å². The number of aromatic nitrogens is 4. The van der Waals surface area contributed by atoms with E-state index in [0.29, 0.717) is 30.9 Å². The molecule has 0 N–H and O–H groups in total. The van der Waals surface area contributed by atoms with E-state index < -0.39 is 8.32 Å². The number of benzene rings is 1. The maximum Gasteiger partial charge on any atom is 0.332 e. The van der Waals surface area contributed by atoms with Crippen LogP contribution >= 0.6 is 15.9 Å². The molecule has 2 aromatic heterocycles. The number of hydrogen-bond acceptors (Lipinski definition) is 5. The molecule has 10 heteroatoms. The van der Waals surface area contributed by atoms with Crippen molar-refractivity contribution < 1.29 is 9.16 Å². The van der Waals surface area contributed by atoms with Crippen LogP contribution in [0.4, 0.5) is 0 Å². The van der Waals surface area contributed by atoms with Crippen LogP contribution in [0.25, 0.3) is 11.2 Å². The molecule has 0 radical (unpaired) electrons. The van der Waals surface area contributed by atoms with E-state index >= 15 is 0 Å². The summed E-state index contributed by atoms with van der Waals surface area (Å²) in [5.41, 5.74) is 1.09. The maximum atomic E-state index is 13.2. The molecule has 3 rings (SSSR count). The number of ether oxygens (including phenoxy) is 1. The molecule has 0 amide bonds. The highest BCUT2D eigenvalue weighted by molar-refractivity contribution is 9.10. The number of fused-ring (bicyclic) bond motifs is 1. The van der Waals surface area contributed by atoms with E-state index in [4.69, 9.17) is 9.16 Å². The lowest BCUT2D eigenvalue weighted by molar-refractivity contribution is 0.270. The fraction of sp³-hybridized carbons (Fsp3) is 0.522. The molecule has 180 valence electrons. The molecular formula is C23H33BrN4O4Si. The molecule has 0 unspecified atom stereocenters. The van der Waals surface area contributed by atoms with E-state index in [1.807, 2.05) is 18.2 Å². The van der Waals surface area contributed by atoms with Gasteiger partial charge in [0.15, 0.2) is 19.5 Å². The Balaban J connectivity index is 2.00. The van der Waals surface area contributed by atoms with Gasteiger partial charge >= 0.3 is 5.69 Å². The molecule has 0 fully saturated rings. The van der Waals surface area contributed by atoms with Gasteiger partial charge in [0, 0.05) is 13.1 Å². The van der Waals surface area contributed by atoms with Gasteiger partial charge in [-0.15, -0.1) is 0 Å². The summed E-state index contributed by atoms with van der Waals surface area (Å²) in [6.07, 6.45) is 1.62. The quantitative estimate of drug-likeness (QED) is 0.402. The van der Waals surface area contributed by atoms with Crippen molar-refractivity contribution in [3.8, 4) is 5.75 Å². The van der Waals surface area contributed by atoms with Crippen molar-refractivity contribution in [3.63, 3.8) is 0 Å². The van der Waals surface area contributed by atoms with Crippen molar-refractivity contribution in [2.45, 2.75) is 65.5 Å². The highest BCUT2D eigenvalue weighted by Gasteiger charge is 2.37. The smallest absolute Gasteiger partial charge is 0.332 e. The molecule has 8 nitrogen and oxygen atoms in total. The average Bonchev–Trinajstić information content (AvgIpc) is 3.13. The average molecular weight is 538 g/mol. The first kappa shape index (κ1) is 25.4. The molecule has 3 aromatic rings. The Bertz CT molecular complexity index is 1270. The fourth-order valence-electron chi connectivity index (χ4n) is 3.45. The van der Waals surface area contributed by atoms with Crippen LogP contribution in [0.1, 0.15) is 33.3 Å². The second-order valence-electron chi connectivity index (χ2n) is 9.61. The van der Waals surface area contributed by atoms with Gasteiger partial charge in [0.05, 0.1) is 31.1 Å².